The van der Waals surface area contributed by atoms with Crippen molar-refractivity contribution in [2.75, 3.05) is 18.9 Å². The molecule has 0 radical (unpaired) electrons. The van der Waals surface area contributed by atoms with Crippen LogP contribution in [-0.4, -0.2) is 28.0 Å². The van der Waals surface area contributed by atoms with Crippen molar-refractivity contribution in [3.8, 4) is 0 Å². The lowest BCUT2D eigenvalue weighted by Crippen LogP contribution is -2.31. The number of nitrogen functional groups attached to an aromatic ring is 1. The molecule has 0 fully saturated rings. The third-order valence-corrected chi connectivity index (χ3v) is 2.33. The Hall–Kier alpha value is -1.33. The maximum atomic E-state index is 11.0. The molecule has 0 unspecified atom stereocenters. The Kier molecular flexibility index (Phi) is 3.49. The lowest BCUT2D eigenvalue weighted by molar-refractivity contribution is 0.0553. The van der Waals surface area contributed by atoms with Crippen molar-refractivity contribution in [1.82, 2.24) is 4.57 Å². The minimum Gasteiger partial charge on any atom is -0.396 e. The maximum Gasteiger partial charge on any atom is 0.204 e. The molecule has 0 aliphatic rings. The zero-order valence-corrected chi connectivity index (χ0v) is 8.68. The van der Waals surface area contributed by atoms with Crippen LogP contribution >= 0.6 is 0 Å². The summed E-state index contributed by atoms with van der Waals surface area (Å²) in [7, 11) is 0. The Morgan fingerprint density at radius 3 is 2.53 bits per heavy atom. The topological polar surface area (TPSA) is 88.5 Å². The second kappa shape index (κ2) is 4.46. The number of anilines is 1. The Balaban J connectivity index is 2.89. The van der Waals surface area contributed by atoms with Gasteiger partial charge >= 0.3 is 0 Å². The molecule has 84 valence electrons. The van der Waals surface area contributed by atoms with Crippen molar-refractivity contribution in [1.29, 1.82) is 0 Å². The number of hydrogen-bond acceptors (Lipinski definition) is 4. The smallest absolute Gasteiger partial charge is 0.204 e. The summed E-state index contributed by atoms with van der Waals surface area (Å²) < 4.78 is 1.68. The van der Waals surface area contributed by atoms with E-state index in [0.717, 1.165) is 0 Å². The first kappa shape index (κ1) is 11.7. The Morgan fingerprint density at radius 1 is 1.47 bits per heavy atom. The van der Waals surface area contributed by atoms with Crippen LogP contribution in [0.5, 0.6) is 0 Å². The molecule has 0 atom stereocenters. The zero-order valence-electron chi connectivity index (χ0n) is 8.68. The number of rotatable bonds is 4. The predicted molar refractivity (Wildman–Crippen MR) is 57.4 cm³/mol. The summed E-state index contributed by atoms with van der Waals surface area (Å²) in [6.07, 6.45) is 3.09. The molecule has 5 heteroatoms. The van der Waals surface area contributed by atoms with Crippen LogP contribution in [0.25, 0.3) is 0 Å². The van der Waals surface area contributed by atoms with Gasteiger partial charge in [0.05, 0.1) is 18.9 Å². The van der Waals surface area contributed by atoms with E-state index in [9.17, 15) is 4.79 Å². The van der Waals surface area contributed by atoms with Gasteiger partial charge in [-0.05, 0) is 0 Å². The molecule has 0 amide bonds. The van der Waals surface area contributed by atoms with Gasteiger partial charge in [0.2, 0.25) is 5.43 Å². The van der Waals surface area contributed by atoms with Gasteiger partial charge < -0.3 is 20.5 Å². The van der Waals surface area contributed by atoms with Crippen LogP contribution in [0.4, 0.5) is 5.69 Å². The van der Waals surface area contributed by atoms with Crippen LogP contribution in [0.3, 0.4) is 0 Å². The summed E-state index contributed by atoms with van der Waals surface area (Å²) in [5.74, 6) is 0. The minimum atomic E-state index is -0.610. The molecule has 0 aliphatic heterocycles. The van der Waals surface area contributed by atoms with Gasteiger partial charge in [-0.25, -0.2) is 0 Å². The van der Waals surface area contributed by atoms with Gasteiger partial charge in [-0.2, -0.15) is 0 Å². The highest BCUT2D eigenvalue weighted by molar-refractivity contribution is 5.33. The molecule has 5 nitrogen and oxygen atoms in total. The lowest BCUT2D eigenvalue weighted by Gasteiger charge is -2.25. The van der Waals surface area contributed by atoms with E-state index in [1.54, 1.807) is 17.7 Å². The van der Waals surface area contributed by atoms with Crippen LogP contribution in [0, 0.1) is 5.41 Å². The molecule has 4 N–H and O–H groups in total. The van der Waals surface area contributed by atoms with E-state index in [0.29, 0.717) is 6.54 Å². The molecule has 1 rings (SSSR count). The summed E-state index contributed by atoms with van der Waals surface area (Å²) in [5.41, 5.74) is 4.80. The molecule has 0 aliphatic carbocycles. The van der Waals surface area contributed by atoms with Crippen molar-refractivity contribution < 1.29 is 10.2 Å². The van der Waals surface area contributed by atoms with Crippen molar-refractivity contribution in [3.05, 3.63) is 28.7 Å². The Bertz CT molecular complexity index is 382. The first-order valence-corrected chi connectivity index (χ1v) is 4.68. The average Bonchev–Trinajstić information content (AvgIpc) is 2.23. The number of aliphatic hydroxyl groups excluding tert-OH is 2. The molecular formula is C10H16N2O3. The summed E-state index contributed by atoms with van der Waals surface area (Å²) in [6.45, 7) is 1.90. The number of pyridine rings is 1. The molecular weight excluding hydrogens is 196 g/mol. The number of nitrogens with zero attached hydrogens (tertiary/aromatic N) is 1. The first-order chi connectivity index (χ1) is 7.00. The van der Waals surface area contributed by atoms with Crippen molar-refractivity contribution in [2.24, 2.45) is 5.41 Å². The second-order valence-electron chi connectivity index (χ2n) is 4.06. The highest BCUT2D eigenvalue weighted by atomic mass is 16.3. The summed E-state index contributed by atoms with van der Waals surface area (Å²) in [6, 6.07) is 1.37. The van der Waals surface area contributed by atoms with E-state index in [1.165, 1.54) is 12.3 Å². The van der Waals surface area contributed by atoms with Crippen LogP contribution < -0.4 is 11.2 Å². The molecule has 0 spiro atoms. The number of aliphatic hydroxyl groups is 2. The third-order valence-electron chi connectivity index (χ3n) is 2.33. The normalized spacial score (nSPS) is 11.7. The maximum absolute atomic E-state index is 11.0. The van der Waals surface area contributed by atoms with Gasteiger partial charge in [0.25, 0.3) is 0 Å². The first-order valence-electron chi connectivity index (χ1n) is 4.68. The molecule has 0 aromatic carbocycles. The largest absolute Gasteiger partial charge is 0.396 e. The van der Waals surface area contributed by atoms with Gasteiger partial charge in [-0.3, -0.25) is 4.79 Å². The predicted octanol–water partition coefficient (Wildman–Crippen LogP) is -0.579. The van der Waals surface area contributed by atoms with Crippen LogP contribution in [-0.2, 0) is 6.54 Å². The zero-order chi connectivity index (χ0) is 11.5. The minimum absolute atomic E-state index is 0.129. The average molecular weight is 212 g/mol. The van der Waals surface area contributed by atoms with E-state index < -0.39 is 5.41 Å². The van der Waals surface area contributed by atoms with Crippen LogP contribution in [0.2, 0.25) is 0 Å². The summed E-state index contributed by atoms with van der Waals surface area (Å²) in [5, 5.41) is 18.2. The van der Waals surface area contributed by atoms with Gasteiger partial charge in [-0.1, -0.05) is 6.92 Å². The number of aromatic nitrogens is 1. The Labute approximate surface area is 87.8 Å². The molecule has 1 heterocycles. The van der Waals surface area contributed by atoms with E-state index in [2.05, 4.69) is 0 Å². The quantitative estimate of drug-likeness (QED) is 0.623. The SMILES string of the molecule is CC(CO)(CO)Cn1ccc(=O)c(N)c1. The molecule has 1 aromatic heterocycles. The number of hydrogen-bond donors (Lipinski definition) is 3. The molecule has 0 saturated carbocycles. The highest BCUT2D eigenvalue weighted by Crippen LogP contribution is 2.17. The molecule has 0 bridgehead atoms. The van der Waals surface area contributed by atoms with Crippen molar-refractivity contribution in [2.45, 2.75) is 13.5 Å². The van der Waals surface area contributed by atoms with E-state index >= 15 is 0 Å². The molecule has 0 saturated heterocycles. The second-order valence-corrected chi connectivity index (χ2v) is 4.06. The highest BCUT2D eigenvalue weighted by Gasteiger charge is 2.22. The summed E-state index contributed by atoms with van der Waals surface area (Å²) >= 11 is 0. The van der Waals surface area contributed by atoms with Gasteiger partial charge in [-0.15, -0.1) is 0 Å². The van der Waals surface area contributed by atoms with Crippen molar-refractivity contribution in [3.63, 3.8) is 0 Å². The van der Waals surface area contributed by atoms with E-state index in [4.69, 9.17) is 15.9 Å². The Morgan fingerprint density at radius 2 is 2.07 bits per heavy atom. The summed E-state index contributed by atoms with van der Waals surface area (Å²) in [4.78, 5) is 11.0. The van der Waals surface area contributed by atoms with E-state index in [-0.39, 0.29) is 24.3 Å². The fraction of sp³-hybridized carbons (Fsp3) is 0.500. The van der Waals surface area contributed by atoms with Crippen LogP contribution in [0.1, 0.15) is 6.92 Å². The lowest BCUT2D eigenvalue weighted by atomic mass is 9.93. The van der Waals surface area contributed by atoms with E-state index in [1.807, 2.05) is 0 Å². The van der Waals surface area contributed by atoms with Crippen molar-refractivity contribution >= 4 is 5.69 Å². The van der Waals surface area contributed by atoms with Crippen LogP contribution in [0.15, 0.2) is 23.3 Å². The number of nitrogens with two attached hydrogens (primary N) is 1. The standard InChI is InChI=1S/C10H16N2O3/c1-10(6-13,7-14)5-12-3-2-9(15)8(11)4-12/h2-4,13-14H,5-7,11H2,1H3. The third kappa shape index (κ3) is 2.81. The molecule has 15 heavy (non-hydrogen) atoms. The monoisotopic (exact) mass is 212 g/mol. The van der Waals surface area contributed by atoms with Gasteiger partial charge in [0.1, 0.15) is 0 Å². The fourth-order valence-corrected chi connectivity index (χ4v) is 1.23. The fourth-order valence-electron chi connectivity index (χ4n) is 1.23. The van der Waals surface area contributed by atoms with Gasteiger partial charge in [0, 0.05) is 30.4 Å². The van der Waals surface area contributed by atoms with Gasteiger partial charge in [0.15, 0.2) is 0 Å². The molecule has 1 aromatic rings.